The maximum Gasteiger partial charge on any atom is 0.0591 e. The molecule has 1 unspecified atom stereocenters. The van der Waals surface area contributed by atoms with E-state index in [2.05, 4.69) is 50.2 Å². The fourth-order valence-corrected chi connectivity index (χ4v) is 3.00. The van der Waals surface area contributed by atoms with Gasteiger partial charge in [0.15, 0.2) is 0 Å². The molecule has 0 aliphatic carbocycles. The second kappa shape index (κ2) is 6.96. The van der Waals surface area contributed by atoms with Crippen molar-refractivity contribution in [2.45, 2.75) is 51.3 Å². The van der Waals surface area contributed by atoms with E-state index in [1.807, 2.05) is 0 Å². The number of alkyl halides is 1. The Morgan fingerprint density at radius 1 is 0.947 bits per heavy atom. The van der Waals surface area contributed by atoms with E-state index >= 15 is 0 Å². The van der Waals surface area contributed by atoms with Crippen molar-refractivity contribution in [2.75, 3.05) is 0 Å². The van der Waals surface area contributed by atoms with Crippen LogP contribution in [0.15, 0.2) is 36.4 Å². The molecule has 0 heterocycles. The van der Waals surface area contributed by atoms with Crippen LogP contribution in [0.3, 0.4) is 0 Å². The summed E-state index contributed by atoms with van der Waals surface area (Å²) in [5.41, 5.74) is 2.62. The summed E-state index contributed by atoms with van der Waals surface area (Å²) in [6.07, 6.45) is 6.20. The second-order valence-corrected chi connectivity index (χ2v) is 5.86. The molecule has 0 saturated heterocycles. The Kier molecular flexibility index (Phi) is 5.27. The van der Waals surface area contributed by atoms with E-state index in [0.717, 1.165) is 6.42 Å². The number of hydrogen-bond donors (Lipinski definition) is 0. The molecule has 0 saturated carbocycles. The quantitative estimate of drug-likeness (QED) is 0.422. The van der Waals surface area contributed by atoms with Crippen molar-refractivity contribution >= 4 is 22.4 Å². The van der Waals surface area contributed by atoms with E-state index in [0.29, 0.717) is 0 Å². The van der Waals surface area contributed by atoms with Crippen LogP contribution >= 0.6 is 11.6 Å². The third-order valence-corrected chi connectivity index (χ3v) is 4.28. The minimum Gasteiger partial charge on any atom is -0.118 e. The van der Waals surface area contributed by atoms with Crippen LogP contribution < -0.4 is 0 Å². The van der Waals surface area contributed by atoms with Crippen LogP contribution in [0.1, 0.15) is 55.5 Å². The third kappa shape index (κ3) is 3.51. The van der Waals surface area contributed by atoms with Gasteiger partial charge in [-0.25, -0.2) is 0 Å². The van der Waals surface area contributed by atoms with Crippen molar-refractivity contribution in [3.05, 3.63) is 47.5 Å². The standard InChI is InChI=1S/C18H23Cl/c1-3-4-5-6-11-18(19)17-13-12-14(2)15-9-7-8-10-16(15)17/h7-10,12-13,18H,3-6,11H2,1-2H3. The first-order valence-corrected chi connectivity index (χ1v) is 7.80. The summed E-state index contributed by atoms with van der Waals surface area (Å²) in [7, 11) is 0. The number of fused-ring (bicyclic) bond motifs is 1. The molecule has 0 nitrogen and oxygen atoms in total. The van der Waals surface area contributed by atoms with E-state index < -0.39 is 0 Å². The summed E-state index contributed by atoms with van der Waals surface area (Å²) in [4.78, 5) is 0. The van der Waals surface area contributed by atoms with Gasteiger partial charge < -0.3 is 0 Å². The van der Waals surface area contributed by atoms with Gasteiger partial charge in [0, 0.05) is 0 Å². The first-order chi connectivity index (χ1) is 9.24. The first kappa shape index (κ1) is 14.4. The molecule has 0 fully saturated rings. The number of hydrogen-bond acceptors (Lipinski definition) is 0. The lowest BCUT2D eigenvalue weighted by Gasteiger charge is -2.14. The topological polar surface area (TPSA) is 0 Å². The molecule has 0 spiro atoms. The van der Waals surface area contributed by atoms with Crippen molar-refractivity contribution < 1.29 is 0 Å². The maximum absolute atomic E-state index is 6.62. The van der Waals surface area contributed by atoms with E-state index in [4.69, 9.17) is 11.6 Å². The molecule has 0 aromatic heterocycles. The molecule has 1 heteroatoms. The van der Waals surface area contributed by atoms with Crippen molar-refractivity contribution in [3.8, 4) is 0 Å². The lowest BCUT2D eigenvalue weighted by Crippen LogP contribution is -1.94. The Balaban J connectivity index is 2.18. The van der Waals surface area contributed by atoms with Crippen molar-refractivity contribution in [3.63, 3.8) is 0 Å². The van der Waals surface area contributed by atoms with E-state index in [1.54, 1.807) is 0 Å². The Morgan fingerprint density at radius 3 is 2.42 bits per heavy atom. The molecule has 2 aromatic rings. The second-order valence-electron chi connectivity index (χ2n) is 5.33. The lowest BCUT2D eigenvalue weighted by atomic mass is 9.96. The summed E-state index contributed by atoms with van der Waals surface area (Å²) in [5.74, 6) is 0. The average Bonchev–Trinajstić information content (AvgIpc) is 2.44. The molecule has 19 heavy (non-hydrogen) atoms. The molecule has 2 rings (SSSR count). The Morgan fingerprint density at radius 2 is 1.68 bits per heavy atom. The molecule has 0 aliphatic rings. The van der Waals surface area contributed by atoms with Gasteiger partial charge in [0.1, 0.15) is 0 Å². The maximum atomic E-state index is 6.62. The largest absolute Gasteiger partial charge is 0.118 e. The SMILES string of the molecule is CCCCCCC(Cl)c1ccc(C)c2ccccc12. The van der Waals surface area contributed by atoms with Gasteiger partial charge in [-0.15, -0.1) is 11.6 Å². The van der Waals surface area contributed by atoms with E-state index in [9.17, 15) is 0 Å². The minimum absolute atomic E-state index is 0.141. The third-order valence-electron chi connectivity index (χ3n) is 3.82. The predicted octanol–water partition coefficient (Wildman–Crippen LogP) is 6.40. The van der Waals surface area contributed by atoms with Crippen molar-refractivity contribution in [2.24, 2.45) is 0 Å². The summed E-state index contributed by atoms with van der Waals surface area (Å²) in [6.45, 7) is 4.41. The number of rotatable bonds is 6. The Bertz CT molecular complexity index is 530. The van der Waals surface area contributed by atoms with Gasteiger partial charge in [0.25, 0.3) is 0 Å². The average molecular weight is 275 g/mol. The smallest absolute Gasteiger partial charge is 0.0591 e. The number of halogens is 1. The van der Waals surface area contributed by atoms with Gasteiger partial charge in [-0.1, -0.05) is 69.0 Å². The lowest BCUT2D eigenvalue weighted by molar-refractivity contribution is 0.625. The number of unbranched alkanes of at least 4 members (excludes halogenated alkanes) is 3. The van der Waals surface area contributed by atoms with Crippen LogP contribution in [0.4, 0.5) is 0 Å². The highest BCUT2D eigenvalue weighted by Gasteiger charge is 2.11. The van der Waals surface area contributed by atoms with Crippen LogP contribution in [0.2, 0.25) is 0 Å². The normalized spacial score (nSPS) is 12.8. The van der Waals surface area contributed by atoms with Crippen LogP contribution in [0, 0.1) is 6.92 Å². The molecule has 1 atom stereocenters. The zero-order valence-electron chi connectivity index (χ0n) is 12.0. The Labute approximate surface area is 121 Å². The number of benzene rings is 2. The van der Waals surface area contributed by atoms with Crippen LogP contribution in [0.25, 0.3) is 10.8 Å². The number of aryl methyl sites for hydroxylation is 1. The minimum atomic E-state index is 0.141. The summed E-state index contributed by atoms with van der Waals surface area (Å²) >= 11 is 6.62. The predicted molar refractivity (Wildman–Crippen MR) is 86.0 cm³/mol. The highest BCUT2D eigenvalue weighted by atomic mass is 35.5. The van der Waals surface area contributed by atoms with Gasteiger partial charge in [0.05, 0.1) is 5.38 Å². The molecule has 0 aliphatic heterocycles. The fraction of sp³-hybridized carbons (Fsp3) is 0.444. The highest BCUT2D eigenvalue weighted by molar-refractivity contribution is 6.21. The van der Waals surface area contributed by atoms with Crippen molar-refractivity contribution in [1.82, 2.24) is 0 Å². The molecule has 0 bridgehead atoms. The van der Waals surface area contributed by atoms with Crippen LogP contribution in [0.5, 0.6) is 0 Å². The van der Waals surface area contributed by atoms with Gasteiger partial charge >= 0.3 is 0 Å². The van der Waals surface area contributed by atoms with Gasteiger partial charge in [-0.2, -0.15) is 0 Å². The fourth-order valence-electron chi connectivity index (χ4n) is 2.65. The molecule has 0 N–H and O–H groups in total. The summed E-state index contributed by atoms with van der Waals surface area (Å²) < 4.78 is 0. The molecule has 2 aromatic carbocycles. The monoisotopic (exact) mass is 274 g/mol. The molecule has 0 radical (unpaired) electrons. The van der Waals surface area contributed by atoms with Crippen LogP contribution in [-0.2, 0) is 0 Å². The molecule has 0 amide bonds. The summed E-state index contributed by atoms with van der Waals surface area (Å²) in [6, 6.07) is 13.0. The van der Waals surface area contributed by atoms with E-state index in [1.165, 1.54) is 47.6 Å². The van der Waals surface area contributed by atoms with Gasteiger partial charge in [-0.05, 0) is 35.2 Å². The van der Waals surface area contributed by atoms with E-state index in [-0.39, 0.29) is 5.38 Å². The molecule has 102 valence electrons. The first-order valence-electron chi connectivity index (χ1n) is 7.36. The van der Waals surface area contributed by atoms with Crippen molar-refractivity contribution in [1.29, 1.82) is 0 Å². The summed E-state index contributed by atoms with van der Waals surface area (Å²) in [5, 5.41) is 2.79. The van der Waals surface area contributed by atoms with Gasteiger partial charge in [0.2, 0.25) is 0 Å². The highest BCUT2D eigenvalue weighted by Crippen LogP contribution is 2.33. The molecular weight excluding hydrogens is 252 g/mol. The zero-order chi connectivity index (χ0) is 13.7. The Hall–Kier alpha value is -1.01. The molecular formula is C18H23Cl. The van der Waals surface area contributed by atoms with Crippen LogP contribution in [-0.4, -0.2) is 0 Å². The zero-order valence-corrected chi connectivity index (χ0v) is 12.7. The van der Waals surface area contributed by atoms with Gasteiger partial charge in [-0.3, -0.25) is 0 Å².